The number of hydrogen-bond donors (Lipinski definition) is 1. The van der Waals surface area contributed by atoms with E-state index in [0.29, 0.717) is 32.6 Å². The van der Waals surface area contributed by atoms with Gasteiger partial charge in [-0.15, -0.1) is 0 Å². The molecule has 0 radical (unpaired) electrons. The van der Waals surface area contributed by atoms with E-state index in [0.717, 1.165) is 19.3 Å². The highest BCUT2D eigenvalue weighted by atomic mass is 35.5. The Morgan fingerprint density at radius 3 is 2.46 bits per heavy atom. The molecule has 1 saturated carbocycles. The summed E-state index contributed by atoms with van der Waals surface area (Å²) in [4.78, 5) is 16.7. The first kappa shape index (κ1) is 21.5. The van der Waals surface area contributed by atoms with E-state index in [2.05, 4.69) is 4.90 Å². The zero-order valence-electron chi connectivity index (χ0n) is 16.3. The highest BCUT2D eigenvalue weighted by Crippen LogP contribution is 2.28. The summed E-state index contributed by atoms with van der Waals surface area (Å²) in [7, 11) is -0.0964. The average molecular weight is 430 g/mol. The van der Waals surface area contributed by atoms with Gasteiger partial charge in [0.25, 0.3) is 5.91 Å². The Kier molecular flexibility index (Phi) is 6.66. The van der Waals surface area contributed by atoms with Gasteiger partial charge in [0.2, 0.25) is 10.0 Å². The first-order valence-corrected chi connectivity index (χ1v) is 11.5. The summed E-state index contributed by atoms with van der Waals surface area (Å²) in [6.45, 7) is 2.17. The molecule has 156 valence electrons. The van der Waals surface area contributed by atoms with Crippen molar-refractivity contribution < 1.29 is 18.3 Å². The van der Waals surface area contributed by atoms with Crippen LogP contribution in [0.1, 0.15) is 36.0 Å². The number of carbonyl (C=O) groups is 1. The molecule has 0 aromatic heterocycles. The third-order valence-electron chi connectivity index (χ3n) is 5.78. The van der Waals surface area contributed by atoms with E-state index in [1.54, 1.807) is 7.05 Å². The molecule has 1 heterocycles. The lowest BCUT2D eigenvalue weighted by Gasteiger charge is -2.35. The summed E-state index contributed by atoms with van der Waals surface area (Å²) < 4.78 is 27.4. The van der Waals surface area contributed by atoms with Crippen LogP contribution >= 0.6 is 11.6 Å². The number of rotatable bonds is 4. The molecule has 28 heavy (non-hydrogen) atoms. The van der Waals surface area contributed by atoms with Gasteiger partial charge in [-0.2, -0.15) is 4.31 Å². The molecule has 2 aliphatic rings. The highest BCUT2D eigenvalue weighted by molar-refractivity contribution is 7.89. The minimum Gasteiger partial charge on any atom is -0.391 e. The molecule has 0 spiro atoms. The van der Waals surface area contributed by atoms with Crippen molar-refractivity contribution in [2.75, 3.05) is 40.3 Å². The van der Waals surface area contributed by atoms with Gasteiger partial charge in [0.05, 0.1) is 27.6 Å². The van der Waals surface area contributed by atoms with Crippen molar-refractivity contribution >= 4 is 27.5 Å². The normalized spacial score (nSPS) is 24.9. The minimum absolute atomic E-state index is 0.0717. The number of piperazine rings is 1. The molecule has 1 amide bonds. The van der Waals surface area contributed by atoms with E-state index in [4.69, 9.17) is 11.6 Å². The second kappa shape index (κ2) is 8.67. The minimum atomic E-state index is -3.69. The zero-order chi connectivity index (χ0) is 20.5. The lowest BCUT2D eigenvalue weighted by Crippen LogP contribution is -2.47. The van der Waals surface area contributed by atoms with E-state index >= 15 is 0 Å². The first-order valence-electron chi connectivity index (χ1n) is 9.65. The molecular formula is C19H28ClN3O4S. The third-order valence-corrected chi connectivity index (χ3v) is 8.00. The molecule has 3 rings (SSSR count). The molecule has 1 aliphatic carbocycles. The van der Waals surface area contributed by atoms with Crippen LogP contribution in [0.25, 0.3) is 0 Å². The first-order chi connectivity index (χ1) is 13.2. The van der Waals surface area contributed by atoms with Crippen molar-refractivity contribution in [3.8, 4) is 0 Å². The number of aliphatic hydroxyl groups excluding tert-OH is 1. The van der Waals surface area contributed by atoms with Gasteiger partial charge >= 0.3 is 0 Å². The summed E-state index contributed by atoms with van der Waals surface area (Å²) in [6.07, 6.45) is 2.71. The number of nitrogens with zero attached hydrogens (tertiary/aromatic N) is 3. The number of benzene rings is 1. The number of hydrogen-bond acceptors (Lipinski definition) is 5. The maximum Gasteiger partial charge on any atom is 0.255 e. The van der Waals surface area contributed by atoms with Crippen LogP contribution < -0.4 is 0 Å². The molecule has 2 fully saturated rings. The van der Waals surface area contributed by atoms with Gasteiger partial charge in [-0.3, -0.25) is 4.79 Å². The molecule has 0 bridgehead atoms. The molecular weight excluding hydrogens is 402 g/mol. The molecule has 1 aromatic rings. The Hall–Kier alpha value is -1.19. The van der Waals surface area contributed by atoms with Gasteiger partial charge in [-0.1, -0.05) is 24.4 Å². The van der Waals surface area contributed by atoms with E-state index in [9.17, 15) is 18.3 Å². The van der Waals surface area contributed by atoms with Gasteiger partial charge < -0.3 is 14.9 Å². The monoisotopic (exact) mass is 429 g/mol. The largest absolute Gasteiger partial charge is 0.391 e. The number of carbonyl (C=O) groups excluding carboxylic acids is 1. The van der Waals surface area contributed by atoms with Crippen LogP contribution in [0.15, 0.2) is 23.1 Å². The molecule has 1 N–H and O–H groups in total. The Balaban J connectivity index is 1.85. The second-order valence-corrected chi connectivity index (χ2v) is 10.0. The molecule has 9 heteroatoms. The molecule has 7 nitrogen and oxygen atoms in total. The van der Waals surface area contributed by atoms with Gasteiger partial charge in [-0.05, 0) is 38.1 Å². The zero-order valence-corrected chi connectivity index (χ0v) is 17.9. The summed E-state index contributed by atoms with van der Waals surface area (Å²) in [5, 5.41) is 10.5. The average Bonchev–Trinajstić information content (AvgIpc) is 2.68. The van der Waals surface area contributed by atoms with Crippen LogP contribution in [0.2, 0.25) is 5.02 Å². The van der Waals surface area contributed by atoms with Crippen LogP contribution in [0.5, 0.6) is 0 Å². The third kappa shape index (κ3) is 4.36. The lowest BCUT2D eigenvalue weighted by atomic mass is 9.91. The topological polar surface area (TPSA) is 81.2 Å². The summed E-state index contributed by atoms with van der Waals surface area (Å²) >= 11 is 6.24. The maximum absolute atomic E-state index is 13.0. The van der Waals surface area contributed by atoms with Gasteiger partial charge in [0.1, 0.15) is 0 Å². The van der Waals surface area contributed by atoms with Crippen molar-refractivity contribution in [2.45, 2.75) is 42.7 Å². The Morgan fingerprint density at radius 1 is 1.18 bits per heavy atom. The smallest absolute Gasteiger partial charge is 0.255 e. The predicted octanol–water partition coefficient (Wildman–Crippen LogP) is 1.65. The van der Waals surface area contributed by atoms with E-state index in [1.165, 1.54) is 27.4 Å². The Bertz CT molecular complexity index is 824. The maximum atomic E-state index is 13.0. The SMILES string of the molecule is CN1CCN(S(=O)(=O)c2ccc(Cl)c(C(=O)N(C)[C@@H]3CCCC[C@H]3O)c2)CC1. The predicted molar refractivity (Wildman–Crippen MR) is 108 cm³/mol. The Morgan fingerprint density at radius 2 is 1.82 bits per heavy atom. The number of amides is 1. The van der Waals surface area contributed by atoms with Crippen molar-refractivity contribution in [2.24, 2.45) is 0 Å². The van der Waals surface area contributed by atoms with Crippen LogP contribution in [-0.4, -0.2) is 86.0 Å². The quantitative estimate of drug-likeness (QED) is 0.787. The van der Waals surface area contributed by atoms with Crippen LogP contribution in [-0.2, 0) is 10.0 Å². The van der Waals surface area contributed by atoms with Gasteiger partial charge in [-0.25, -0.2) is 8.42 Å². The molecule has 0 unspecified atom stereocenters. The molecule has 2 atom stereocenters. The summed E-state index contributed by atoms with van der Waals surface area (Å²) in [6, 6.07) is 3.99. The fourth-order valence-electron chi connectivity index (χ4n) is 3.89. The van der Waals surface area contributed by atoms with Crippen molar-refractivity contribution in [1.29, 1.82) is 0 Å². The Labute approximate surface area is 171 Å². The summed E-state index contributed by atoms with van der Waals surface area (Å²) in [5.74, 6) is -0.369. The fourth-order valence-corrected chi connectivity index (χ4v) is 5.54. The molecule has 1 aromatic carbocycles. The van der Waals surface area contributed by atoms with Crippen LogP contribution in [0, 0.1) is 0 Å². The van der Waals surface area contributed by atoms with Crippen molar-refractivity contribution in [1.82, 2.24) is 14.1 Å². The van der Waals surface area contributed by atoms with Crippen molar-refractivity contribution in [3.63, 3.8) is 0 Å². The standard InChI is InChI=1S/C19H28ClN3O4S/c1-21-9-11-23(12-10-21)28(26,27)14-7-8-16(20)15(13-14)19(25)22(2)17-5-3-4-6-18(17)24/h7-8,13,17-18,24H,3-6,9-12H2,1-2H3/t17-,18-/m1/s1. The number of likely N-dealkylation sites (N-methyl/N-ethyl adjacent to an activating group) is 2. The van der Waals surface area contributed by atoms with E-state index in [-0.39, 0.29) is 27.4 Å². The van der Waals surface area contributed by atoms with Crippen LogP contribution in [0.3, 0.4) is 0 Å². The van der Waals surface area contributed by atoms with Crippen LogP contribution in [0.4, 0.5) is 0 Å². The molecule has 1 aliphatic heterocycles. The van der Waals surface area contributed by atoms with Gasteiger partial charge in [0, 0.05) is 33.2 Å². The number of aliphatic hydroxyl groups is 1. The van der Waals surface area contributed by atoms with Crippen molar-refractivity contribution in [3.05, 3.63) is 28.8 Å². The highest BCUT2D eigenvalue weighted by Gasteiger charge is 2.32. The number of sulfonamides is 1. The lowest BCUT2D eigenvalue weighted by molar-refractivity contribution is 0.0268. The number of halogens is 1. The fraction of sp³-hybridized carbons (Fsp3) is 0.632. The van der Waals surface area contributed by atoms with Gasteiger partial charge in [0.15, 0.2) is 0 Å². The van der Waals surface area contributed by atoms with E-state index < -0.39 is 16.1 Å². The van der Waals surface area contributed by atoms with E-state index in [1.807, 2.05) is 7.05 Å². The second-order valence-electron chi connectivity index (χ2n) is 7.68. The summed E-state index contributed by atoms with van der Waals surface area (Å²) in [5.41, 5.74) is 0.150. The molecule has 1 saturated heterocycles.